The number of nitrogens with zero attached hydrogens (tertiary/aromatic N) is 1. The molecule has 0 bridgehead atoms. The molecule has 0 aromatic heterocycles. The number of benzene rings is 1. The van der Waals surface area contributed by atoms with Gasteiger partial charge in [0.25, 0.3) is 0 Å². The van der Waals surface area contributed by atoms with E-state index in [0.717, 1.165) is 0 Å². The summed E-state index contributed by atoms with van der Waals surface area (Å²) in [5, 5.41) is 14.4. The van der Waals surface area contributed by atoms with Gasteiger partial charge in [-0.05, 0) is 13.0 Å². The standard InChI is InChI=1S/C11H10FNO3/c1-11(10(14)15)6-9(13-16-11)7-4-2-3-5-8(7)12/h2-5H,6H2,1H3,(H,14,15)/p-1/t11-/m0/s1. The minimum atomic E-state index is -1.50. The second-order valence-corrected chi connectivity index (χ2v) is 3.80. The largest absolute Gasteiger partial charge is 0.546 e. The van der Waals surface area contributed by atoms with Gasteiger partial charge >= 0.3 is 0 Å². The van der Waals surface area contributed by atoms with Crippen LogP contribution in [0.3, 0.4) is 0 Å². The smallest absolute Gasteiger partial charge is 0.179 e. The number of carbonyl (C=O) groups excluding carboxylic acids is 1. The second kappa shape index (κ2) is 3.59. The predicted molar refractivity (Wildman–Crippen MR) is 52.1 cm³/mol. The zero-order valence-electron chi connectivity index (χ0n) is 8.57. The molecule has 4 nitrogen and oxygen atoms in total. The first kappa shape index (κ1) is 10.6. The molecule has 1 atom stereocenters. The number of rotatable bonds is 2. The zero-order valence-corrected chi connectivity index (χ0v) is 8.57. The molecule has 0 radical (unpaired) electrons. The maximum Gasteiger partial charge on any atom is 0.179 e. The third kappa shape index (κ3) is 1.64. The fraction of sp³-hybridized carbons (Fsp3) is 0.273. The van der Waals surface area contributed by atoms with Crippen molar-refractivity contribution in [1.29, 1.82) is 0 Å². The quantitative estimate of drug-likeness (QED) is 0.730. The summed E-state index contributed by atoms with van der Waals surface area (Å²) in [4.78, 5) is 15.6. The van der Waals surface area contributed by atoms with Crippen LogP contribution in [0.4, 0.5) is 4.39 Å². The number of hydrogen-bond donors (Lipinski definition) is 0. The molecule has 0 saturated carbocycles. The van der Waals surface area contributed by atoms with Gasteiger partial charge in [0.1, 0.15) is 5.82 Å². The number of carboxylic acid groups (broad SMARTS) is 1. The molecule has 16 heavy (non-hydrogen) atoms. The second-order valence-electron chi connectivity index (χ2n) is 3.80. The molecule has 1 aromatic carbocycles. The Bertz CT molecular complexity index is 472. The molecule has 1 aliphatic rings. The molecule has 0 amide bonds. The topological polar surface area (TPSA) is 61.7 Å². The van der Waals surface area contributed by atoms with Gasteiger partial charge in [-0.25, -0.2) is 4.39 Å². The third-order valence-corrected chi connectivity index (χ3v) is 2.48. The Morgan fingerprint density at radius 2 is 2.25 bits per heavy atom. The van der Waals surface area contributed by atoms with E-state index in [-0.39, 0.29) is 17.7 Å². The highest BCUT2D eigenvalue weighted by atomic mass is 19.1. The first-order chi connectivity index (χ1) is 7.53. The highest BCUT2D eigenvalue weighted by molar-refractivity contribution is 6.04. The summed E-state index contributed by atoms with van der Waals surface area (Å²) in [6, 6.07) is 6.01. The predicted octanol–water partition coefficient (Wildman–Crippen LogP) is 0.459. The summed E-state index contributed by atoms with van der Waals surface area (Å²) in [6.45, 7) is 1.35. The van der Waals surface area contributed by atoms with E-state index < -0.39 is 17.4 Å². The van der Waals surface area contributed by atoms with Crippen molar-refractivity contribution in [2.75, 3.05) is 0 Å². The molecule has 0 spiro atoms. The molecule has 0 aliphatic carbocycles. The Kier molecular flexibility index (Phi) is 2.38. The normalized spacial score (nSPS) is 23.8. The van der Waals surface area contributed by atoms with Crippen molar-refractivity contribution in [1.82, 2.24) is 0 Å². The van der Waals surface area contributed by atoms with Gasteiger partial charge in [-0.3, -0.25) is 0 Å². The Morgan fingerprint density at radius 1 is 1.56 bits per heavy atom. The number of carboxylic acids is 1. The molecule has 0 saturated heterocycles. The van der Waals surface area contributed by atoms with E-state index in [1.807, 2.05) is 0 Å². The van der Waals surface area contributed by atoms with Crippen LogP contribution in [-0.2, 0) is 9.63 Å². The van der Waals surface area contributed by atoms with Crippen LogP contribution in [0.1, 0.15) is 18.9 Å². The van der Waals surface area contributed by atoms with E-state index in [0.29, 0.717) is 0 Å². The van der Waals surface area contributed by atoms with E-state index in [1.165, 1.54) is 19.1 Å². The fourth-order valence-corrected chi connectivity index (χ4v) is 1.49. The lowest BCUT2D eigenvalue weighted by molar-refractivity contribution is -0.324. The van der Waals surface area contributed by atoms with Crippen molar-refractivity contribution in [3.63, 3.8) is 0 Å². The van der Waals surface area contributed by atoms with E-state index in [9.17, 15) is 14.3 Å². The van der Waals surface area contributed by atoms with Gasteiger partial charge in [0.15, 0.2) is 5.60 Å². The Labute approximate surface area is 91.3 Å². The van der Waals surface area contributed by atoms with Crippen LogP contribution >= 0.6 is 0 Å². The maximum atomic E-state index is 13.4. The van der Waals surface area contributed by atoms with Crippen molar-refractivity contribution in [3.05, 3.63) is 35.6 Å². The summed E-state index contributed by atoms with van der Waals surface area (Å²) >= 11 is 0. The van der Waals surface area contributed by atoms with Gasteiger partial charge in [0, 0.05) is 12.0 Å². The summed E-state index contributed by atoms with van der Waals surface area (Å²) in [6.07, 6.45) is -0.00370. The molecule has 1 aromatic rings. The lowest BCUT2D eigenvalue weighted by atomic mass is 9.96. The summed E-state index contributed by atoms with van der Waals surface area (Å²) < 4.78 is 13.4. The SMILES string of the molecule is C[C@@]1(C(=O)[O-])CC(c2ccccc2F)=NO1. The van der Waals surface area contributed by atoms with Gasteiger partial charge in [-0.2, -0.15) is 0 Å². The van der Waals surface area contributed by atoms with E-state index in [4.69, 9.17) is 4.84 Å². The summed E-state index contributed by atoms with van der Waals surface area (Å²) in [5.41, 5.74) is -0.963. The number of halogens is 1. The number of carbonyl (C=O) groups is 1. The highest BCUT2D eigenvalue weighted by Crippen LogP contribution is 2.26. The van der Waals surface area contributed by atoms with Crippen LogP contribution in [-0.4, -0.2) is 17.3 Å². The van der Waals surface area contributed by atoms with Gasteiger partial charge in [-0.15, -0.1) is 0 Å². The molecular weight excluding hydrogens is 213 g/mol. The Balaban J connectivity index is 2.28. The van der Waals surface area contributed by atoms with Crippen molar-refractivity contribution < 1.29 is 19.1 Å². The molecule has 0 fully saturated rings. The number of oxime groups is 1. The average Bonchev–Trinajstić information content (AvgIpc) is 2.63. The zero-order chi connectivity index (χ0) is 11.8. The molecule has 1 aliphatic heterocycles. The lowest BCUT2D eigenvalue weighted by Crippen LogP contribution is -2.46. The molecular formula is C11H9FNO3-. The Morgan fingerprint density at radius 3 is 2.81 bits per heavy atom. The first-order valence-corrected chi connectivity index (χ1v) is 4.74. The van der Waals surface area contributed by atoms with Crippen LogP contribution in [0.25, 0.3) is 0 Å². The van der Waals surface area contributed by atoms with E-state index in [2.05, 4.69) is 5.16 Å². The van der Waals surface area contributed by atoms with Crippen molar-refractivity contribution in [3.8, 4) is 0 Å². The van der Waals surface area contributed by atoms with Crippen molar-refractivity contribution in [2.45, 2.75) is 18.9 Å². The third-order valence-electron chi connectivity index (χ3n) is 2.48. The summed E-state index contributed by atoms with van der Waals surface area (Å²) in [5.74, 6) is -1.81. The van der Waals surface area contributed by atoms with Gasteiger partial charge in [-0.1, -0.05) is 23.4 Å². The van der Waals surface area contributed by atoms with Crippen LogP contribution < -0.4 is 5.11 Å². The number of hydrogen-bond acceptors (Lipinski definition) is 4. The van der Waals surface area contributed by atoms with E-state index >= 15 is 0 Å². The van der Waals surface area contributed by atoms with Gasteiger partial charge in [0.2, 0.25) is 0 Å². The van der Waals surface area contributed by atoms with Gasteiger partial charge in [0.05, 0.1) is 11.7 Å². The molecule has 0 unspecified atom stereocenters. The monoisotopic (exact) mass is 222 g/mol. The van der Waals surface area contributed by atoms with Crippen molar-refractivity contribution >= 4 is 11.7 Å². The molecule has 2 rings (SSSR count). The van der Waals surface area contributed by atoms with Crippen LogP contribution in [0, 0.1) is 5.82 Å². The molecule has 5 heteroatoms. The maximum absolute atomic E-state index is 13.4. The molecule has 0 N–H and O–H groups in total. The molecule has 1 heterocycles. The van der Waals surface area contributed by atoms with Crippen LogP contribution in [0.5, 0.6) is 0 Å². The van der Waals surface area contributed by atoms with Crippen LogP contribution in [0.2, 0.25) is 0 Å². The number of aliphatic carboxylic acids is 1. The van der Waals surface area contributed by atoms with Crippen LogP contribution in [0.15, 0.2) is 29.4 Å². The minimum Gasteiger partial charge on any atom is -0.546 e. The van der Waals surface area contributed by atoms with Gasteiger partial charge < -0.3 is 14.7 Å². The van der Waals surface area contributed by atoms with Crippen molar-refractivity contribution in [2.24, 2.45) is 5.16 Å². The highest BCUT2D eigenvalue weighted by Gasteiger charge is 2.36. The minimum absolute atomic E-state index is 0.00370. The summed E-state index contributed by atoms with van der Waals surface area (Å²) in [7, 11) is 0. The van der Waals surface area contributed by atoms with E-state index in [1.54, 1.807) is 12.1 Å². The lowest BCUT2D eigenvalue weighted by Gasteiger charge is -2.21. The average molecular weight is 222 g/mol. The fourth-order valence-electron chi connectivity index (χ4n) is 1.49. The molecule has 84 valence electrons. The Hall–Kier alpha value is -1.91. The first-order valence-electron chi connectivity index (χ1n) is 4.74.